The Bertz CT molecular complexity index is 731. The summed E-state index contributed by atoms with van der Waals surface area (Å²) in [5.74, 6) is -3.14. The Morgan fingerprint density at radius 1 is 0.955 bits per heavy atom. The quantitative estimate of drug-likeness (QED) is 0.505. The zero-order chi connectivity index (χ0) is 16.1. The average molecular weight is 296 g/mol. The van der Waals surface area contributed by atoms with E-state index in [2.05, 4.69) is 6.07 Å². The van der Waals surface area contributed by atoms with Crippen molar-refractivity contribution >= 4 is 17.5 Å². The lowest BCUT2D eigenvalue weighted by Crippen LogP contribution is -2.17. The summed E-state index contributed by atoms with van der Waals surface area (Å²) in [5, 5.41) is 8.55. The lowest BCUT2D eigenvalue weighted by Gasteiger charge is -2.05. The molecule has 0 aliphatic heterocycles. The number of benzene rings is 2. The third-order valence-electron chi connectivity index (χ3n) is 3.30. The maximum Gasteiger partial charge on any atom is 0.372 e. The minimum absolute atomic E-state index is 0.361. The summed E-state index contributed by atoms with van der Waals surface area (Å²) in [5.41, 5.74) is 3.60. The fraction of sp³-hybridized carbons (Fsp3) is 0.167. The largest absolute Gasteiger partial charge is 0.475 e. The highest BCUT2D eigenvalue weighted by Gasteiger charge is 2.17. The van der Waals surface area contributed by atoms with Crippen molar-refractivity contribution in [2.75, 3.05) is 0 Å². The van der Waals surface area contributed by atoms with Gasteiger partial charge in [0.05, 0.1) is 6.42 Å². The van der Waals surface area contributed by atoms with Crippen molar-refractivity contribution in [1.82, 2.24) is 0 Å². The lowest BCUT2D eigenvalue weighted by molar-refractivity contribution is -0.148. The van der Waals surface area contributed by atoms with Gasteiger partial charge in [-0.05, 0) is 30.5 Å². The number of Topliss-reactive ketones (excluding diaryl/α,β-unsaturated/α-hetero) is 2. The highest BCUT2D eigenvalue weighted by molar-refractivity contribution is 6.37. The molecular weight excluding hydrogens is 280 g/mol. The number of carboxylic acids is 1. The maximum atomic E-state index is 11.9. The van der Waals surface area contributed by atoms with E-state index in [0.717, 1.165) is 16.7 Å². The summed E-state index contributed by atoms with van der Waals surface area (Å²) in [6, 6.07) is 15.0. The molecule has 0 fully saturated rings. The molecule has 4 heteroatoms. The fourth-order valence-corrected chi connectivity index (χ4v) is 2.24. The molecule has 0 atom stereocenters. The first-order valence-corrected chi connectivity index (χ1v) is 6.89. The van der Waals surface area contributed by atoms with Gasteiger partial charge in [0.2, 0.25) is 5.78 Å². The van der Waals surface area contributed by atoms with Gasteiger partial charge >= 0.3 is 5.97 Å². The monoisotopic (exact) mass is 296 g/mol. The van der Waals surface area contributed by atoms with E-state index in [4.69, 9.17) is 5.11 Å². The van der Waals surface area contributed by atoms with Gasteiger partial charge in [0, 0.05) is 5.56 Å². The Labute approximate surface area is 128 Å². The highest BCUT2D eigenvalue weighted by atomic mass is 16.4. The van der Waals surface area contributed by atoms with Gasteiger partial charge in [-0.25, -0.2) is 4.79 Å². The molecule has 0 spiro atoms. The molecule has 2 aromatic carbocycles. The van der Waals surface area contributed by atoms with Crippen LogP contribution in [0.5, 0.6) is 0 Å². The first-order valence-electron chi connectivity index (χ1n) is 6.89. The van der Waals surface area contributed by atoms with Crippen molar-refractivity contribution < 1.29 is 19.5 Å². The van der Waals surface area contributed by atoms with Crippen LogP contribution >= 0.6 is 0 Å². The van der Waals surface area contributed by atoms with Crippen molar-refractivity contribution in [3.8, 4) is 0 Å². The number of ketones is 2. The summed E-state index contributed by atoms with van der Waals surface area (Å²) >= 11 is 0. The van der Waals surface area contributed by atoms with Crippen molar-refractivity contribution in [3.63, 3.8) is 0 Å². The van der Waals surface area contributed by atoms with Crippen molar-refractivity contribution in [2.45, 2.75) is 19.8 Å². The summed E-state index contributed by atoms with van der Waals surface area (Å²) in [6.45, 7) is 2.01. The van der Waals surface area contributed by atoms with Crippen LogP contribution in [-0.2, 0) is 16.0 Å². The molecule has 2 aromatic rings. The smallest absolute Gasteiger partial charge is 0.372 e. The van der Waals surface area contributed by atoms with Crippen LogP contribution in [0.25, 0.3) is 0 Å². The average Bonchev–Trinajstić information content (AvgIpc) is 2.47. The van der Waals surface area contributed by atoms with Crippen molar-refractivity contribution in [3.05, 3.63) is 70.8 Å². The number of carbonyl (C=O) groups is 3. The molecule has 0 heterocycles. The Morgan fingerprint density at radius 2 is 1.59 bits per heavy atom. The molecular formula is C18H16O4. The minimum Gasteiger partial charge on any atom is -0.475 e. The van der Waals surface area contributed by atoms with Crippen LogP contribution in [0.15, 0.2) is 48.5 Å². The first kappa shape index (κ1) is 15.6. The van der Waals surface area contributed by atoms with Gasteiger partial charge in [-0.2, -0.15) is 0 Å². The Morgan fingerprint density at radius 3 is 2.23 bits per heavy atom. The second-order valence-electron chi connectivity index (χ2n) is 5.19. The van der Waals surface area contributed by atoms with Crippen LogP contribution in [0.3, 0.4) is 0 Å². The molecule has 0 saturated carbocycles. The summed E-state index contributed by atoms with van der Waals surface area (Å²) in [7, 11) is 0. The fourth-order valence-electron chi connectivity index (χ4n) is 2.24. The van der Waals surface area contributed by atoms with Gasteiger partial charge in [-0.15, -0.1) is 0 Å². The van der Waals surface area contributed by atoms with E-state index < -0.39 is 24.0 Å². The number of hydrogen-bond donors (Lipinski definition) is 1. The second-order valence-corrected chi connectivity index (χ2v) is 5.19. The van der Waals surface area contributed by atoms with Gasteiger partial charge in [-0.1, -0.05) is 48.0 Å². The third kappa shape index (κ3) is 4.12. The standard InChI is InChI=1S/C18H16O4/c1-12-4-2-5-13(8-12)9-14-6-3-7-15(10-14)16(19)11-17(20)18(21)22/h2-8,10H,9,11H2,1H3,(H,21,22). The zero-order valence-corrected chi connectivity index (χ0v) is 12.2. The van der Waals surface area contributed by atoms with E-state index in [1.54, 1.807) is 18.2 Å². The van der Waals surface area contributed by atoms with Gasteiger partial charge in [0.15, 0.2) is 5.78 Å². The van der Waals surface area contributed by atoms with E-state index >= 15 is 0 Å². The molecule has 112 valence electrons. The molecule has 4 nitrogen and oxygen atoms in total. The highest BCUT2D eigenvalue weighted by Crippen LogP contribution is 2.14. The Kier molecular flexibility index (Phi) is 4.84. The van der Waals surface area contributed by atoms with Crippen LogP contribution in [0, 0.1) is 6.92 Å². The van der Waals surface area contributed by atoms with Gasteiger partial charge in [-0.3, -0.25) is 9.59 Å². The van der Waals surface area contributed by atoms with Crippen molar-refractivity contribution in [2.24, 2.45) is 0 Å². The SMILES string of the molecule is Cc1cccc(Cc2cccc(C(=O)CC(=O)C(=O)O)c2)c1. The van der Waals surface area contributed by atoms with Gasteiger partial charge < -0.3 is 5.11 Å². The predicted molar refractivity (Wildman–Crippen MR) is 82.0 cm³/mol. The number of carboxylic acid groups (broad SMARTS) is 1. The number of aryl methyl sites for hydroxylation is 1. The second kappa shape index (κ2) is 6.80. The van der Waals surface area contributed by atoms with Crippen LogP contribution < -0.4 is 0 Å². The van der Waals surface area contributed by atoms with Gasteiger partial charge in [0.25, 0.3) is 0 Å². The van der Waals surface area contributed by atoms with E-state index in [9.17, 15) is 14.4 Å². The third-order valence-corrected chi connectivity index (χ3v) is 3.30. The summed E-state index contributed by atoms with van der Waals surface area (Å²) in [6.07, 6.45) is 0.0684. The van der Waals surface area contributed by atoms with E-state index in [1.165, 1.54) is 0 Å². The normalized spacial score (nSPS) is 10.2. The number of rotatable bonds is 6. The molecule has 0 bridgehead atoms. The molecule has 0 amide bonds. The van der Waals surface area contributed by atoms with Gasteiger partial charge in [0.1, 0.15) is 0 Å². The van der Waals surface area contributed by atoms with E-state index in [-0.39, 0.29) is 0 Å². The summed E-state index contributed by atoms with van der Waals surface area (Å²) < 4.78 is 0. The molecule has 0 saturated heterocycles. The molecule has 0 aromatic heterocycles. The van der Waals surface area contributed by atoms with Crippen LogP contribution in [-0.4, -0.2) is 22.6 Å². The molecule has 2 rings (SSSR count). The van der Waals surface area contributed by atoms with Crippen LogP contribution in [0.2, 0.25) is 0 Å². The topological polar surface area (TPSA) is 71.4 Å². The van der Waals surface area contributed by atoms with E-state index in [1.807, 2.05) is 31.2 Å². The summed E-state index contributed by atoms with van der Waals surface area (Å²) in [4.78, 5) is 33.6. The molecule has 0 aliphatic rings. The predicted octanol–water partition coefficient (Wildman–Crippen LogP) is 2.81. The minimum atomic E-state index is -1.58. The molecule has 0 aliphatic carbocycles. The number of hydrogen-bond acceptors (Lipinski definition) is 3. The molecule has 0 unspecified atom stereocenters. The zero-order valence-electron chi connectivity index (χ0n) is 12.2. The number of aliphatic carboxylic acids is 1. The molecule has 0 radical (unpaired) electrons. The molecule has 1 N–H and O–H groups in total. The Hall–Kier alpha value is -2.75. The van der Waals surface area contributed by atoms with E-state index in [0.29, 0.717) is 12.0 Å². The van der Waals surface area contributed by atoms with Crippen LogP contribution in [0.4, 0.5) is 0 Å². The van der Waals surface area contributed by atoms with Crippen molar-refractivity contribution in [1.29, 1.82) is 0 Å². The van der Waals surface area contributed by atoms with Crippen LogP contribution in [0.1, 0.15) is 33.5 Å². The Balaban J connectivity index is 2.14. The number of carbonyl (C=O) groups excluding carboxylic acids is 2. The molecule has 22 heavy (non-hydrogen) atoms. The lowest BCUT2D eigenvalue weighted by atomic mass is 9.99. The maximum absolute atomic E-state index is 11.9. The first-order chi connectivity index (χ1) is 10.5.